The van der Waals surface area contributed by atoms with Gasteiger partial charge < -0.3 is 28.5 Å². The molecule has 0 spiro atoms. The zero-order valence-electron chi connectivity index (χ0n) is 36.0. The number of aromatic nitrogens is 1. The van der Waals surface area contributed by atoms with Gasteiger partial charge in [-0.25, -0.2) is 4.79 Å². The third kappa shape index (κ3) is 10.5. The Kier molecular flexibility index (Phi) is 16.0. The highest BCUT2D eigenvalue weighted by Gasteiger charge is 2.71. The van der Waals surface area contributed by atoms with E-state index in [1.54, 1.807) is 30.6 Å². The van der Waals surface area contributed by atoms with Crippen LogP contribution in [0.25, 0.3) is 11.3 Å². The summed E-state index contributed by atoms with van der Waals surface area (Å²) < 4.78 is 30.6. The number of carbonyl (C=O) groups is 3. The molecular formula is C47H69NO10. The fourth-order valence-corrected chi connectivity index (χ4v) is 10.7. The molecule has 5 rings (SSSR count). The summed E-state index contributed by atoms with van der Waals surface area (Å²) in [4.78, 5) is 56.3. The van der Waals surface area contributed by atoms with Gasteiger partial charge in [-0.2, -0.15) is 0 Å². The van der Waals surface area contributed by atoms with Crippen LogP contribution in [-0.4, -0.2) is 52.4 Å². The number of nitrogens with zero attached hydrogens (tertiary/aromatic N) is 1. The summed E-state index contributed by atoms with van der Waals surface area (Å²) in [6.45, 7) is 10.7. The Labute approximate surface area is 345 Å². The second kappa shape index (κ2) is 20.5. The van der Waals surface area contributed by atoms with E-state index in [9.17, 15) is 24.3 Å². The summed E-state index contributed by atoms with van der Waals surface area (Å²) in [5, 5.41) is 12.4. The van der Waals surface area contributed by atoms with Crippen LogP contribution >= 0.6 is 0 Å². The maximum absolute atomic E-state index is 13.8. The van der Waals surface area contributed by atoms with Crippen molar-refractivity contribution in [3.05, 3.63) is 46.6 Å². The van der Waals surface area contributed by atoms with Crippen LogP contribution in [0.1, 0.15) is 175 Å². The number of esters is 3. The van der Waals surface area contributed by atoms with Gasteiger partial charge in [0.2, 0.25) is 0 Å². The van der Waals surface area contributed by atoms with E-state index in [0.29, 0.717) is 31.2 Å². The number of unbranched alkanes of at least 4 members (excludes halogenated alkanes) is 14. The van der Waals surface area contributed by atoms with Crippen LogP contribution in [-0.2, 0) is 28.6 Å². The Hall–Kier alpha value is -3.73. The first kappa shape index (κ1) is 45.4. The number of pyridine rings is 1. The lowest BCUT2D eigenvalue weighted by atomic mass is 9.42. The minimum atomic E-state index is -1.35. The summed E-state index contributed by atoms with van der Waals surface area (Å²) in [6, 6.07) is 5.10. The Morgan fingerprint density at radius 1 is 0.862 bits per heavy atom. The van der Waals surface area contributed by atoms with Gasteiger partial charge in [0.15, 0.2) is 0 Å². The van der Waals surface area contributed by atoms with E-state index in [1.807, 2.05) is 20.8 Å². The zero-order valence-corrected chi connectivity index (χ0v) is 36.0. The lowest BCUT2D eigenvalue weighted by Gasteiger charge is -2.66. The van der Waals surface area contributed by atoms with E-state index < -0.39 is 58.2 Å². The fraction of sp³-hybridized carbons (Fsp3) is 0.723. The number of aliphatic hydroxyl groups excluding tert-OH is 1. The standard InChI is InChI=1S/C47H69NO10/c1-7-8-9-10-11-12-13-14-15-16-17-18-19-20-21-24-40(51)57-39-29-37-45(4,26-25-38(55-33(3)50)46(37,5)31-54-32(2)49)43-42(52)41-36(58-47(39,43)6)28-35(56-44(41)53)34-23-22-27-48-30-34/h22-23,27-28,30,37-39,42-43,52H,7-21,24-26,29,31H2,1-6H3/t37-,38+,39+,42+,43-,45+,46+,47-/m1/s1. The predicted octanol–water partition coefficient (Wildman–Crippen LogP) is 10.00. The van der Waals surface area contributed by atoms with Crippen molar-refractivity contribution in [2.24, 2.45) is 22.7 Å². The van der Waals surface area contributed by atoms with Crippen molar-refractivity contribution in [1.82, 2.24) is 4.98 Å². The van der Waals surface area contributed by atoms with Gasteiger partial charge in [-0.05, 0) is 56.1 Å². The molecule has 0 amide bonds. The minimum absolute atomic E-state index is 0.00340. The lowest BCUT2D eigenvalue weighted by Crippen LogP contribution is -2.71. The highest BCUT2D eigenvalue weighted by molar-refractivity contribution is 5.70. The van der Waals surface area contributed by atoms with Gasteiger partial charge in [-0.15, -0.1) is 0 Å². The second-order valence-corrected chi connectivity index (χ2v) is 18.0. The topological polar surface area (TPSA) is 151 Å². The smallest absolute Gasteiger partial charge is 0.345 e. The maximum atomic E-state index is 13.8. The van der Waals surface area contributed by atoms with Gasteiger partial charge in [-0.3, -0.25) is 19.4 Å². The van der Waals surface area contributed by atoms with Crippen molar-refractivity contribution in [3.8, 4) is 17.1 Å². The Morgan fingerprint density at radius 2 is 1.48 bits per heavy atom. The Morgan fingerprint density at radius 3 is 2.05 bits per heavy atom. The van der Waals surface area contributed by atoms with Crippen LogP contribution in [0.2, 0.25) is 0 Å². The van der Waals surface area contributed by atoms with Crippen LogP contribution < -0.4 is 10.4 Å². The molecule has 2 aromatic rings. The molecular weight excluding hydrogens is 739 g/mol. The quantitative estimate of drug-likeness (QED) is 0.0729. The molecule has 58 heavy (non-hydrogen) atoms. The van der Waals surface area contributed by atoms with E-state index in [2.05, 4.69) is 11.9 Å². The summed E-state index contributed by atoms with van der Waals surface area (Å²) in [7, 11) is 0. The largest absolute Gasteiger partial charge is 0.482 e. The van der Waals surface area contributed by atoms with Crippen LogP contribution in [0, 0.1) is 22.7 Å². The monoisotopic (exact) mass is 807 g/mol. The zero-order chi connectivity index (χ0) is 41.9. The van der Waals surface area contributed by atoms with Crippen molar-refractivity contribution in [2.45, 2.75) is 187 Å². The number of fused-ring (bicyclic) bond motifs is 4. The van der Waals surface area contributed by atoms with Gasteiger partial charge in [0.1, 0.15) is 41.5 Å². The number of aliphatic hydroxyl groups is 1. The number of hydrogen-bond acceptors (Lipinski definition) is 11. The van der Waals surface area contributed by atoms with Crippen molar-refractivity contribution in [1.29, 1.82) is 0 Å². The van der Waals surface area contributed by atoms with E-state index in [-0.39, 0.29) is 42.0 Å². The summed E-state index contributed by atoms with van der Waals surface area (Å²) in [5.41, 5.74) is -3.08. The third-order valence-corrected chi connectivity index (χ3v) is 13.7. The first-order chi connectivity index (χ1) is 27.7. The molecule has 0 unspecified atom stereocenters. The highest BCUT2D eigenvalue weighted by atomic mass is 16.6. The summed E-state index contributed by atoms with van der Waals surface area (Å²) >= 11 is 0. The molecule has 1 N–H and O–H groups in total. The van der Waals surface area contributed by atoms with Crippen LogP contribution in [0.4, 0.5) is 0 Å². The number of rotatable bonds is 21. The van der Waals surface area contributed by atoms with Gasteiger partial charge in [0.05, 0.1) is 6.10 Å². The molecule has 11 heteroatoms. The minimum Gasteiger partial charge on any atom is -0.482 e. The Bertz CT molecular complexity index is 1730. The molecule has 1 aliphatic heterocycles. The molecule has 2 aliphatic carbocycles. The highest BCUT2D eigenvalue weighted by Crippen LogP contribution is 2.67. The molecule has 2 saturated carbocycles. The Balaban J connectivity index is 1.31. The number of hydrogen-bond donors (Lipinski definition) is 1. The van der Waals surface area contributed by atoms with Crippen molar-refractivity contribution in [2.75, 3.05) is 6.61 Å². The average molecular weight is 808 g/mol. The average Bonchev–Trinajstić information content (AvgIpc) is 3.17. The molecule has 3 heterocycles. The molecule has 0 bridgehead atoms. The van der Waals surface area contributed by atoms with Gasteiger partial charge in [0.25, 0.3) is 0 Å². The molecule has 11 nitrogen and oxygen atoms in total. The number of carbonyl (C=O) groups excluding carboxylic acids is 3. The van der Waals surface area contributed by atoms with Crippen LogP contribution in [0.15, 0.2) is 39.8 Å². The first-order valence-electron chi connectivity index (χ1n) is 22.2. The number of ether oxygens (including phenoxy) is 4. The van der Waals surface area contributed by atoms with Crippen molar-refractivity contribution < 1.29 is 42.9 Å². The van der Waals surface area contributed by atoms with E-state index in [1.165, 1.54) is 84.5 Å². The van der Waals surface area contributed by atoms with Gasteiger partial charge in [0, 0.05) is 55.6 Å². The third-order valence-electron chi connectivity index (χ3n) is 13.7. The lowest BCUT2D eigenvalue weighted by molar-refractivity contribution is -0.271. The molecule has 322 valence electrons. The molecule has 0 aromatic carbocycles. The maximum Gasteiger partial charge on any atom is 0.345 e. The normalized spacial score (nSPS) is 28.6. The molecule has 8 atom stereocenters. The SMILES string of the molecule is CCCCCCCCCCCCCCCCCC(=O)O[C@H]1C[C@H]2[C@](C)(COC(C)=O)[C@@H](OC(C)=O)CC[C@]2(C)[C@H]2[C@@H](O)c3c(cc(-c4cccnc4)oc3=O)O[C@]12C. The van der Waals surface area contributed by atoms with Gasteiger partial charge in [-0.1, -0.05) is 111 Å². The molecule has 0 radical (unpaired) electrons. The van der Waals surface area contributed by atoms with E-state index >= 15 is 0 Å². The fourth-order valence-electron chi connectivity index (χ4n) is 10.7. The molecule has 3 aliphatic rings. The molecule has 0 saturated heterocycles. The molecule has 2 aromatic heterocycles. The van der Waals surface area contributed by atoms with Gasteiger partial charge >= 0.3 is 23.5 Å². The first-order valence-corrected chi connectivity index (χ1v) is 22.2. The van der Waals surface area contributed by atoms with E-state index in [0.717, 1.165) is 19.3 Å². The summed E-state index contributed by atoms with van der Waals surface area (Å²) in [5.74, 6) is -2.01. The van der Waals surface area contributed by atoms with Crippen molar-refractivity contribution >= 4 is 17.9 Å². The van der Waals surface area contributed by atoms with Crippen molar-refractivity contribution in [3.63, 3.8) is 0 Å². The predicted molar refractivity (Wildman–Crippen MR) is 221 cm³/mol. The molecule has 2 fully saturated rings. The van der Waals surface area contributed by atoms with E-state index in [4.69, 9.17) is 23.4 Å². The second-order valence-electron chi connectivity index (χ2n) is 18.0. The van der Waals surface area contributed by atoms with Crippen LogP contribution in [0.5, 0.6) is 5.75 Å². The summed E-state index contributed by atoms with van der Waals surface area (Å²) in [6.07, 6.45) is 20.2. The van der Waals surface area contributed by atoms with Crippen LogP contribution in [0.3, 0.4) is 0 Å².